The van der Waals surface area contributed by atoms with Crippen LogP contribution in [-0.4, -0.2) is 29.0 Å². The summed E-state index contributed by atoms with van der Waals surface area (Å²) in [6, 6.07) is 0.404. The smallest absolute Gasteiger partial charge is 0.0686 e. The molecule has 1 aliphatic carbocycles. The van der Waals surface area contributed by atoms with Gasteiger partial charge in [-0.2, -0.15) is 5.10 Å². The van der Waals surface area contributed by atoms with Crippen LogP contribution in [0.4, 0.5) is 0 Å². The van der Waals surface area contributed by atoms with Gasteiger partial charge in [-0.25, -0.2) is 0 Å². The van der Waals surface area contributed by atoms with E-state index in [4.69, 9.17) is 4.74 Å². The first-order valence-corrected chi connectivity index (χ1v) is 8.45. The molecule has 118 valence electrons. The van der Waals surface area contributed by atoms with E-state index in [0.29, 0.717) is 12.0 Å². The van der Waals surface area contributed by atoms with E-state index < -0.39 is 0 Å². The van der Waals surface area contributed by atoms with E-state index in [-0.39, 0.29) is 5.60 Å². The number of ether oxygens (including phenoxy) is 1. The average molecular weight is 291 g/mol. The van der Waals surface area contributed by atoms with Crippen molar-refractivity contribution in [2.45, 2.75) is 63.5 Å². The quantitative estimate of drug-likeness (QED) is 0.930. The molecule has 1 N–H and O–H groups in total. The molecule has 1 aromatic heterocycles. The predicted octanol–water partition coefficient (Wildman–Crippen LogP) is 3.12. The van der Waals surface area contributed by atoms with Crippen LogP contribution in [0.3, 0.4) is 0 Å². The van der Waals surface area contributed by atoms with Crippen LogP contribution in [0.25, 0.3) is 0 Å². The molecule has 0 radical (unpaired) electrons. The Balaban J connectivity index is 1.78. The summed E-state index contributed by atoms with van der Waals surface area (Å²) in [4.78, 5) is 0. The number of nitrogens with zero attached hydrogens (tertiary/aromatic N) is 2. The Labute approximate surface area is 128 Å². The lowest BCUT2D eigenvalue weighted by Gasteiger charge is -2.45. The van der Waals surface area contributed by atoms with E-state index in [9.17, 15) is 0 Å². The fraction of sp³-hybridized carbons (Fsp3) is 0.824. The van der Waals surface area contributed by atoms with Crippen molar-refractivity contribution in [3.8, 4) is 0 Å². The Morgan fingerprint density at radius 2 is 2.14 bits per heavy atom. The molecule has 3 rings (SSSR count). The maximum absolute atomic E-state index is 6.25. The highest BCUT2D eigenvalue weighted by atomic mass is 16.5. The third-order valence-corrected chi connectivity index (χ3v) is 5.46. The summed E-state index contributed by atoms with van der Waals surface area (Å²) in [6.07, 6.45) is 11.1. The third-order valence-electron chi connectivity index (χ3n) is 5.46. The van der Waals surface area contributed by atoms with Crippen molar-refractivity contribution in [1.82, 2.24) is 15.1 Å². The first-order chi connectivity index (χ1) is 10.1. The number of aryl methyl sites for hydroxylation is 2. The van der Waals surface area contributed by atoms with E-state index in [2.05, 4.69) is 30.6 Å². The van der Waals surface area contributed by atoms with Crippen LogP contribution in [0.15, 0.2) is 6.20 Å². The van der Waals surface area contributed by atoms with Gasteiger partial charge in [0.2, 0.25) is 0 Å². The molecule has 2 atom stereocenters. The van der Waals surface area contributed by atoms with Gasteiger partial charge in [-0.15, -0.1) is 0 Å². The molecule has 2 heterocycles. The molecular weight excluding hydrogens is 262 g/mol. The lowest BCUT2D eigenvalue weighted by atomic mass is 9.73. The molecule has 2 unspecified atom stereocenters. The van der Waals surface area contributed by atoms with Gasteiger partial charge in [-0.3, -0.25) is 4.68 Å². The van der Waals surface area contributed by atoms with Crippen molar-refractivity contribution in [1.29, 1.82) is 0 Å². The SMILES string of the molecule is CNC(c1cn(C)nc1C)C1CCOC2(CCCCC2)C1. The first kappa shape index (κ1) is 15.0. The largest absolute Gasteiger partial charge is 0.375 e. The summed E-state index contributed by atoms with van der Waals surface area (Å²) in [7, 11) is 4.09. The van der Waals surface area contributed by atoms with Crippen LogP contribution < -0.4 is 5.32 Å². The van der Waals surface area contributed by atoms with Crippen molar-refractivity contribution in [3.63, 3.8) is 0 Å². The lowest BCUT2D eigenvalue weighted by Crippen LogP contribution is -2.44. The summed E-state index contributed by atoms with van der Waals surface area (Å²) in [6.45, 7) is 3.04. The maximum Gasteiger partial charge on any atom is 0.0686 e. The molecule has 0 aromatic carbocycles. The van der Waals surface area contributed by atoms with Crippen molar-refractivity contribution < 1.29 is 4.74 Å². The highest BCUT2D eigenvalue weighted by molar-refractivity contribution is 5.21. The minimum Gasteiger partial charge on any atom is -0.375 e. The van der Waals surface area contributed by atoms with E-state index in [1.807, 2.05) is 11.7 Å². The van der Waals surface area contributed by atoms with Gasteiger partial charge in [0.15, 0.2) is 0 Å². The number of hydrogen-bond acceptors (Lipinski definition) is 3. The molecular formula is C17H29N3O. The second-order valence-corrected chi connectivity index (χ2v) is 6.95. The molecule has 1 aromatic rings. The van der Waals surface area contributed by atoms with E-state index in [1.54, 1.807) is 0 Å². The zero-order chi connectivity index (χ0) is 14.9. The number of rotatable bonds is 3. The Hall–Kier alpha value is -0.870. The van der Waals surface area contributed by atoms with E-state index >= 15 is 0 Å². The molecule has 21 heavy (non-hydrogen) atoms. The zero-order valence-corrected chi connectivity index (χ0v) is 13.7. The molecule has 1 saturated carbocycles. The van der Waals surface area contributed by atoms with Gasteiger partial charge in [-0.05, 0) is 45.6 Å². The molecule has 1 saturated heterocycles. The molecule has 4 heteroatoms. The third kappa shape index (κ3) is 3.02. The van der Waals surface area contributed by atoms with Crippen molar-refractivity contribution in [3.05, 3.63) is 17.5 Å². The molecule has 0 bridgehead atoms. The molecule has 1 aliphatic heterocycles. The summed E-state index contributed by atoms with van der Waals surface area (Å²) in [5.41, 5.74) is 2.69. The van der Waals surface area contributed by atoms with Crippen LogP contribution in [0, 0.1) is 12.8 Å². The summed E-state index contributed by atoms with van der Waals surface area (Å²) in [5, 5.41) is 8.08. The van der Waals surface area contributed by atoms with Gasteiger partial charge < -0.3 is 10.1 Å². The molecule has 4 nitrogen and oxygen atoms in total. The van der Waals surface area contributed by atoms with Crippen molar-refractivity contribution in [2.24, 2.45) is 13.0 Å². The Morgan fingerprint density at radius 1 is 1.38 bits per heavy atom. The van der Waals surface area contributed by atoms with E-state index in [0.717, 1.165) is 18.7 Å². The van der Waals surface area contributed by atoms with E-state index in [1.165, 1.54) is 44.1 Å². The normalized spacial score (nSPS) is 26.9. The number of nitrogens with one attached hydrogen (secondary N) is 1. The molecule has 1 spiro atoms. The van der Waals surface area contributed by atoms with Crippen LogP contribution in [-0.2, 0) is 11.8 Å². The van der Waals surface area contributed by atoms with Gasteiger partial charge in [0, 0.05) is 31.5 Å². The predicted molar refractivity (Wildman–Crippen MR) is 84.2 cm³/mol. The topological polar surface area (TPSA) is 39.1 Å². The van der Waals surface area contributed by atoms with Crippen LogP contribution >= 0.6 is 0 Å². The highest BCUT2D eigenvalue weighted by Gasteiger charge is 2.41. The Kier molecular flexibility index (Phi) is 4.36. The standard InChI is InChI=1S/C17H29N3O/c1-13-15(12-20(3)19-13)16(18-2)14-7-10-21-17(11-14)8-5-4-6-9-17/h12,14,16,18H,4-11H2,1-3H3. The molecule has 0 amide bonds. The second-order valence-electron chi connectivity index (χ2n) is 6.95. The zero-order valence-electron chi connectivity index (χ0n) is 13.7. The van der Waals surface area contributed by atoms with Gasteiger partial charge in [0.1, 0.15) is 0 Å². The summed E-state index contributed by atoms with van der Waals surface area (Å²) >= 11 is 0. The van der Waals surface area contributed by atoms with Gasteiger partial charge in [0.25, 0.3) is 0 Å². The minimum atomic E-state index is 0.173. The summed E-state index contributed by atoms with van der Waals surface area (Å²) < 4.78 is 8.19. The van der Waals surface area contributed by atoms with Crippen LogP contribution in [0.5, 0.6) is 0 Å². The minimum absolute atomic E-state index is 0.173. The fourth-order valence-electron chi connectivity index (χ4n) is 4.46. The Bertz CT molecular complexity index is 471. The second kappa shape index (κ2) is 6.09. The van der Waals surface area contributed by atoms with Gasteiger partial charge in [0.05, 0.1) is 11.3 Å². The fourth-order valence-corrected chi connectivity index (χ4v) is 4.46. The number of aromatic nitrogens is 2. The first-order valence-electron chi connectivity index (χ1n) is 8.45. The highest BCUT2D eigenvalue weighted by Crippen LogP contribution is 2.44. The van der Waals surface area contributed by atoms with Crippen molar-refractivity contribution in [2.75, 3.05) is 13.7 Å². The summed E-state index contributed by atoms with van der Waals surface area (Å²) in [5.74, 6) is 0.657. The average Bonchev–Trinajstić information content (AvgIpc) is 2.80. The Morgan fingerprint density at radius 3 is 2.76 bits per heavy atom. The molecule has 2 aliphatic rings. The van der Waals surface area contributed by atoms with Gasteiger partial charge in [-0.1, -0.05) is 19.3 Å². The van der Waals surface area contributed by atoms with Crippen LogP contribution in [0.2, 0.25) is 0 Å². The van der Waals surface area contributed by atoms with Crippen LogP contribution in [0.1, 0.15) is 62.2 Å². The van der Waals surface area contributed by atoms with Crippen molar-refractivity contribution >= 4 is 0 Å². The monoisotopic (exact) mass is 291 g/mol. The number of hydrogen-bond donors (Lipinski definition) is 1. The lowest BCUT2D eigenvalue weighted by molar-refractivity contribution is -0.121. The molecule has 2 fully saturated rings. The van der Waals surface area contributed by atoms with Gasteiger partial charge >= 0.3 is 0 Å². The maximum atomic E-state index is 6.25.